The Morgan fingerprint density at radius 3 is 2.78 bits per heavy atom. The molecule has 0 radical (unpaired) electrons. The Bertz CT molecular complexity index is 543. The fraction of sp³-hybridized carbons (Fsp3) is 0.143. The molecular formula is C14H13BrN2O. The third kappa shape index (κ3) is 3.17. The average Bonchev–Trinajstić information content (AvgIpc) is 2.39. The lowest BCUT2D eigenvalue weighted by molar-refractivity contribution is 0.0939. The van der Waals surface area contributed by atoms with Crippen molar-refractivity contribution in [2.24, 2.45) is 0 Å². The molecule has 1 atom stereocenters. The minimum Gasteiger partial charge on any atom is -0.344 e. The Morgan fingerprint density at radius 2 is 2.11 bits per heavy atom. The van der Waals surface area contributed by atoms with Crippen LogP contribution in [0.5, 0.6) is 0 Å². The summed E-state index contributed by atoms with van der Waals surface area (Å²) in [5, 5.41) is 2.92. The molecule has 0 aliphatic rings. The highest BCUT2D eigenvalue weighted by atomic mass is 79.9. The number of benzene rings is 1. The van der Waals surface area contributed by atoms with Crippen molar-refractivity contribution in [2.75, 3.05) is 0 Å². The minimum absolute atomic E-state index is 0.102. The van der Waals surface area contributed by atoms with Gasteiger partial charge in [0.25, 0.3) is 5.91 Å². The largest absolute Gasteiger partial charge is 0.344 e. The Kier molecular flexibility index (Phi) is 4.10. The standard InChI is InChI=1S/C14H13BrN2O/c1-10(13-7-2-3-8-16-13)17-14(18)11-5-4-6-12(15)9-11/h2-10H,1H3,(H,17,18). The van der Waals surface area contributed by atoms with Gasteiger partial charge in [-0.25, -0.2) is 0 Å². The molecule has 0 saturated carbocycles. The van der Waals surface area contributed by atoms with Crippen LogP contribution in [0.15, 0.2) is 53.1 Å². The van der Waals surface area contributed by atoms with E-state index in [4.69, 9.17) is 0 Å². The van der Waals surface area contributed by atoms with E-state index in [1.54, 1.807) is 18.3 Å². The van der Waals surface area contributed by atoms with Gasteiger partial charge in [-0.1, -0.05) is 28.1 Å². The number of aromatic nitrogens is 1. The van der Waals surface area contributed by atoms with Gasteiger partial charge in [-0.2, -0.15) is 0 Å². The molecule has 0 spiro atoms. The number of hydrogen-bond acceptors (Lipinski definition) is 2. The summed E-state index contributed by atoms with van der Waals surface area (Å²) in [6.45, 7) is 1.91. The molecule has 18 heavy (non-hydrogen) atoms. The molecule has 0 fully saturated rings. The van der Waals surface area contributed by atoms with Gasteiger partial charge in [0.15, 0.2) is 0 Å². The smallest absolute Gasteiger partial charge is 0.251 e. The molecule has 1 aromatic carbocycles. The Morgan fingerprint density at radius 1 is 1.28 bits per heavy atom. The second-order valence-electron chi connectivity index (χ2n) is 3.96. The summed E-state index contributed by atoms with van der Waals surface area (Å²) in [7, 11) is 0. The molecule has 2 aromatic rings. The SMILES string of the molecule is CC(NC(=O)c1cccc(Br)c1)c1ccccn1. The van der Waals surface area contributed by atoms with Gasteiger partial charge in [0.2, 0.25) is 0 Å². The molecule has 1 amide bonds. The Labute approximate surface area is 114 Å². The van der Waals surface area contributed by atoms with Gasteiger partial charge in [0, 0.05) is 16.2 Å². The summed E-state index contributed by atoms with van der Waals surface area (Å²) >= 11 is 3.35. The van der Waals surface area contributed by atoms with E-state index in [9.17, 15) is 4.79 Å². The zero-order chi connectivity index (χ0) is 13.0. The molecule has 1 unspecified atom stereocenters. The molecule has 1 N–H and O–H groups in total. The molecule has 0 bridgehead atoms. The third-order valence-electron chi connectivity index (χ3n) is 2.57. The molecule has 2 rings (SSSR count). The van der Waals surface area contributed by atoms with Crippen molar-refractivity contribution in [1.82, 2.24) is 10.3 Å². The van der Waals surface area contributed by atoms with Gasteiger partial charge in [-0.3, -0.25) is 9.78 Å². The van der Waals surface area contributed by atoms with Crippen molar-refractivity contribution in [3.05, 3.63) is 64.4 Å². The van der Waals surface area contributed by atoms with E-state index in [1.165, 1.54) is 0 Å². The molecular weight excluding hydrogens is 292 g/mol. The summed E-state index contributed by atoms with van der Waals surface area (Å²) in [4.78, 5) is 16.2. The van der Waals surface area contributed by atoms with Crippen molar-refractivity contribution >= 4 is 21.8 Å². The maximum atomic E-state index is 12.0. The first-order valence-electron chi connectivity index (χ1n) is 5.64. The molecule has 1 heterocycles. The van der Waals surface area contributed by atoms with Gasteiger partial charge in [-0.15, -0.1) is 0 Å². The second-order valence-corrected chi connectivity index (χ2v) is 4.88. The van der Waals surface area contributed by atoms with Gasteiger partial charge in [0.05, 0.1) is 11.7 Å². The molecule has 0 aliphatic heterocycles. The van der Waals surface area contributed by atoms with Crippen LogP contribution in [0.2, 0.25) is 0 Å². The topological polar surface area (TPSA) is 42.0 Å². The number of carbonyl (C=O) groups is 1. The highest BCUT2D eigenvalue weighted by molar-refractivity contribution is 9.10. The maximum absolute atomic E-state index is 12.0. The van der Waals surface area contributed by atoms with Crippen molar-refractivity contribution in [2.45, 2.75) is 13.0 Å². The number of hydrogen-bond donors (Lipinski definition) is 1. The Hall–Kier alpha value is -1.68. The highest BCUT2D eigenvalue weighted by Gasteiger charge is 2.11. The fourth-order valence-corrected chi connectivity index (χ4v) is 2.01. The van der Waals surface area contributed by atoms with Crippen LogP contribution < -0.4 is 5.32 Å². The lowest BCUT2D eigenvalue weighted by Crippen LogP contribution is -2.27. The van der Waals surface area contributed by atoms with Crippen molar-refractivity contribution < 1.29 is 4.79 Å². The van der Waals surface area contributed by atoms with E-state index in [0.717, 1.165) is 10.2 Å². The fourth-order valence-electron chi connectivity index (χ4n) is 1.62. The third-order valence-corrected chi connectivity index (χ3v) is 3.06. The summed E-state index contributed by atoms with van der Waals surface area (Å²) < 4.78 is 0.889. The van der Waals surface area contributed by atoms with Crippen LogP contribution in [-0.2, 0) is 0 Å². The van der Waals surface area contributed by atoms with Crippen LogP contribution in [-0.4, -0.2) is 10.9 Å². The number of carbonyl (C=O) groups excluding carboxylic acids is 1. The minimum atomic E-state index is -0.113. The quantitative estimate of drug-likeness (QED) is 0.945. The molecule has 92 valence electrons. The zero-order valence-corrected chi connectivity index (χ0v) is 11.5. The Balaban J connectivity index is 2.08. The van der Waals surface area contributed by atoms with E-state index in [0.29, 0.717) is 5.56 Å². The first-order valence-corrected chi connectivity index (χ1v) is 6.43. The van der Waals surface area contributed by atoms with Gasteiger partial charge >= 0.3 is 0 Å². The van der Waals surface area contributed by atoms with E-state index >= 15 is 0 Å². The number of nitrogens with one attached hydrogen (secondary N) is 1. The maximum Gasteiger partial charge on any atom is 0.251 e. The zero-order valence-electron chi connectivity index (χ0n) is 9.93. The number of pyridine rings is 1. The molecule has 3 nitrogen and oxygen atoms in total. The van der Waals surface area contributed by atoms with E-state index in [2.05, 4.69) is 26.2 Å². The predicted molar refractivity (Wildman–Crippen MR) is 74.3 cm³/mol. The van der Waals surface area contributed by atoms with E-state index in [-0.39, 0.29) is 11.9 Å². The van der Waals surface area contributed by atoms with Crippen LogP contribution >= 0.6 is 15.9 Å². The van der Waals surface area contributed by atoms with Crippen molar-refractivity contribution in [1.29, 1.82) is 0 Å². The van der Waals surface area contributed by atoms with Crippen LogP contribution in [0.3, 0.4) is 0 Å². The lowest BCUT2D eigenvalue weighted by Gasteiger charge is -2.13. The first-order chi connectivity index (χ1) is 8.66. The summed E-state index contributed by atoms with van der Waals surface area (Å²) in [5.74, 6) is -0.102. The lowest BCUT2D eigenvalue weighted by atomic mass is 10.1. The van der Waals surface area contributed by atoms with Crippen molar-refractivity contribution in [3.63, 3.8) is 0 Å². The predicted octanol–water partition coefficient (Wildman–Crippen LogP) is 3.34. The van der Waals surface area contributed by atoms with Gasteiger partial charge in [-0.05, 0) is 37.3 Å². The highest BCUT2D eigenvalue weighted by Crippen LogP contribution is 2.13. The van der Waals surface area contributed by atoms with Gasteiger partial charge < -0.3 is 5.32 Å². The summed E-state index contributed by atoms with van der Waals surface area (Å²) in [6.07, 6.45) is 1.72. The summed E-state index contributed by atoms with van der Waals surface area (Å²) in [6, 6.07) is 12.8. The number of rotatable bonds is 3. The molecule has 0 aliphatic carbocycles. The molecule has 0 saturated heterocycles. The normalized spacial score (nSPS) is 11.9. The summed E-state index contributed by atoms with van der Waals surface area (Å²) in [5.41, 5.74) is 1.48. The van der Waals surface area contributed by atoms with Crippen LogP contribution in [0, 0.1) is 0 Å². The van der Waals surface area contributed by atoms with Crippen LogP contribution in [0.25, 0.3) is 0 Å². The van der Waals surface area contributed by atoms with Crippen LogP contribution in [0.1, 0.15) is 29.0 Å². The monoisotopic (exact) mass is 304 g/mol. The van der Waals surface area contributed by atoms with Crippen molar-refractivity contribution in [3.8, 4) is 0 Å². The number of amides is 1. The number of halogens is 1. The van der Waals surface area contributed by atoms with E-state index < -0.39 is 0 Å². The van der Waals surface area contributed by atoms with Crippen LogP contribution in [0.4, 0.5) is 0 Å². The molecule has 1 aromatic heterocycles. The van der Waals surface area contributed by atoms with Gasteiger partial charge in [0.1, 0.15) is 0 Å². The molecule has 4 heteroatoms. The van der Waals surface area contributed by atoms with E-state index in [1.807, 2.05) is 37.3 Å². The second kappa shape index (κ2) is 5.78. The number of nitrogens with zero attached hydrogens (tertiary/aromatic N) is 1. The first kappa shape index (κ1) is 12.8. The average molecular weight is 305 g/mol.